The Labute approximate surface area is 195 Å². The maximum absolute atomic E-state index is 14.8. The third-order valence-corrected chi connectivity index (χ3v) is 6.57. The summed E-state index contributed by atoms with van der Waals surface area (Å²) in [6.45, 7) is 3.08. The summed E-state index contributed by atoms with van der Waals surface area (Å²) in [7, 11) is 0. The first-order chi connectivity index (χ1) is 16.1. The molecule has 0 aliphatic carbocycles. The molecule has 0 bridgehead atoms. The number of pyridine rings is 1. The lowest BCUT2D eigenvalue weighted by Gasteiger charge is -2.27. The molecule has 0 spiro atoms. The van der Waals surface area contributed by atoms with E-state index in [1.165, 1.54) is 12.1 Å². The lowest BCUT2D eigenvalue weighted by molar-refractivity contribution is 0.102. The zero-order chi connectivity index (χ0) is 22.8. The van der Waals surface area contributed by atoms with E-state index >= 15 is 0 Å². The lowest BCUT2D eigenvalue weighted by Crippen LogP contribution is -2.26. The number of hydrogen-bond donors (Lipinski definition) is 1. The van der Waals surface area contributed by atoms with Crippen LogP contribution in [-0.4, -0.2) is 30.0 Å². The largest absolute Gasteiger partial charge is 0.359 e. The van der Waals surface area contributed by atoms with E-state index in [0.29, 0.717) is 24.7 Å². The van der Waals surface area contributed by atoms with Crippen molar-refractivity contribution in [3.63, 3.8) is 0 Å². The molecule has 4 aromatic rings. The van der Waals surface area contributed by atoms with E-state index in [-0.39, 0.29) is 5.56 Å². The topological polar surface area (TPSA) is 54.5 Å². The van der Waals surface area contributed by atoms with E-state index < -0.39 is 11.7 Å². The second-order valence-corrected chi connectivity index (χ2v) is 8.88. The highest BCUT2D eigenvalue weighted by atomic mass is 32.2. The Morgan fingerprint density at radius 3 is 2.82 bits per heavy atom. The summed E-state index contributed by atoms with van der Waals surface area (Å²) in [6, 6.07) is 20.3. The van der Waals surface area contributed by atoms with Crippen LogP contribution in [0, 0.1) is 12.7 Å². The number of benzene rings is 3. The number of nitrogens with zero attached hydrogens (tertiary/aromatic N) is 2. The van der Waals surface area contributed by atoms with E-state index in [0.717, 1.165) is 33.3 Å². The minimum absolute atomic E-state index is 0.00733. The Morgan fingerprint density at radius 1 is 1.12 bits per heavy atom. The molecular formula is C26H22FN3O2S. The number of fused-ring (bicyclic) bond motifs is 1. The molecule has 1 N–H and O–H groups in total. The molecular weight excluding hydrogens is 437 g/mol. The van der Waals surface area contributed by atoms with Crippen LogP contribution in [-0.2, 0) is 4.74 Å². The van der Waals surface area contributed by atoms with Gasteiger partial charge in [-0.25, -0.2) is 4.39 Å². The number of ether oxygens (including phenoxy) is 1. The van der Waals surface area contributed by atoms with Crippen molar-refractivity contribution in [2.45, 2.75) is 6.92 Å². The van der Waals surface area contributed by atoms with Crippen LogP contribution in [0.2, 0.25) is 0 Å². The SMILES string of the molecule is Cc1ccc(NC(=O)c2ccc(N3COCCS3)cc2F)cc1-c1nccc2ccccc12. The molecule has 1 aromatic heterocycles. The molecule has 1 aliphatic heterocycles. The van der Waals surface area contributed by atoms with Crippen LogP contribution in [0.15, 0.2) is 72.9 Å². The number of carbonyl (C=O) groups is 1. The number of aromatic nitrogens is 1. The fourth-order valence-electron chi connectivity index (χ4n) is 3.87. The summed E-state index contributed by atoms with van der Waals surface area (Å²) in [5.74, 6) is -0.257. The number of carbonyl (C=O) groups excluding carboxylic acids is 1. The Balaban J connectivity index is 1.41. The first kappa shape index (κ1) is 21.4. The average Bonchev–Trinajstić information content (AvgIpc) is 2.85. The van der Waals surface area contributed by atoms with E-state index in [9.17, 15) is 9.18 Å². The number of halogens is 1. The molecule has 1 saturated heterocycles. The number of amides is 1. The predicted molar refractivity (Wildman–Crippen MR) is 132 cm³/mol. The summed E-state index contributed by atoms with van der Waals surface area (Å²) in [6.07, 6.45) is 1.78. The molecule has 0 atom stereocenters. The summed E-state index contributed by atoms with van der Waals surface area (Å²) < 4.78 is 22.1. The molecule has 1 aliphatic rings. The van der Waals surface area contributed by atoms with Crippen molar-refractivity contribution < 1.29 is 13.9 Å². The monoisotopic (exact) mass is 459 g/mol. The Kier molecular flexibility index (Phi) is 5.98. The quantitative estimate of drug-likeness (QED) is 0.377. The van der Waals surface area contributed by atoms with Crippen molar-refractivity contribution in [1.29, 1.82) is 0 Å². The maximum Gasteiger partial charge on any atom is 0.258 e. The molecule has 0 radical (unpaired) electrons. The Bertz CT molecular complexity index is 1330. The van der Waals surface area contributed by atoms with Gasteiger partial charge in [-0.15, -0.1) is 0 Å². The molecule has 166 valence electrons. The van der Waals surface area contributed by atoms with Crippen molar-refractivity contribution in [1.82, 2.24) is 4.98 Å². The van der Waals surface area contributed by atoms with Crippen LogP contribution in [0.4, 0.5) is 15.8 Å². The summed E-state index contributed by atoms with van der Waals surface area (Å²) in [5, 5.41) is 4.96. The standard InChI is InChI=1S/C26H22FN3O2S/c1-17-6-7-19(14-23(17)25-21-5-3-2-4-18(21)10-11-28-25)29-26(31)22-9-8-20(15-24(22)27)30-16-32-12-13-33-30/h2-11,14-15H,12-13,16H2,1H3,(H,29,31). The van der Waals surface area contributed by atoms with E-state index in [2.05, 4.69) is 10.3 Å². The zero-order valence-electron chi connectivity index (χ0n) is 18.0. The van der Waals surface area contributed by atoms with Crippen LogP contribution in [0.25, 0.3) is 22.0 Å². The number of anilines is 2. The molecule has 0 unspecified atom stereocenters. The maximum atomic E-state index is 14.8. The van der Waals surface area contributed by atoms with Crippen molar-refractivity contribution in [3.05, 3.63) is 89.9 Å². The number of aryl methyl sites for hydroxylation is 1. The highest BCUT2D eigenvalue weighted by Crippen LogP contribution is 2.31. The van der Waals surface area contributed by atoms with Gasteiger partial charge >= 0.3 is 0 Å². The van der Waals surface area contributed by atoms with Gasteiger partial charge in [-0.05, 0) is 66.2 Å². The van der Waals surface area contributed by atoms with Crippen LogP contribution >= 0.6 is 11.9 Å². The highest BCUT2D eigenvalue weighted by Gasteiger charge is 2.18. The van der Waals surface area contributed by atoms with Gasteiger partial charge in [0, 0.05) is 28.6 Å². The van der Waals surface area contributed by atoms with E-state index in [1.54, 1.807) is 24.2 Å². The van der Waals surface area contributed by atoms with Gasteiger partial charge in [-0.3, -0.25) is 14.1 Å². The number of rotatable bonds is 4. The first-order valence-corrected chi connectivity index (χ1v) is 11.6. The van der Waals surface area contributed by atoms with Crippen LogP contribution in [0.5, 0.6) is 0 Å². The molecule has 3 aromatic carbocycles. The van der Waals surface area contributed by atoms with Crippen molar-refractivity contribution in [2.75, 3.05) is 28.7 Å². The molecule has 0 saturated carbocycles. The Hall–Kier alpha value is -3.42. The third kappa shape index (κ3) is 4.42. The molecule has 5 rings (SSSR count). The minimum Gasteiger partial charge on any atom is -0.359 e. The van der Waals surface area contributed by atoms with Gasteiger partial charge in [0.15, 0.2) is 0 Å². The predicted octanol–water partition coefficient (Wildman–Crippen LogP) is 6.04. The second-order valence-electron chi connectivity index (χ2n) is 7.78. The molecule has 2 heterocycles. The van der Waals surface area contributed by atoms with Gasteiger partial charge in [0.25, 0.3) is 5.91 Å². The zero-order valence-corrected chi connectivity index (χ0v) is 18.9. The molecule has 1 fully saturated rings. The van der Waals surface area contributed by atoms with Crippen LogP contribution < -0.4 is 9.62 Å². The van der Waals surface area contributed by atoms with Gasteiger partial charge in [-0.1, -0.05) is 30.3 Å². The summed E-state index contributed by atoms with van der Waals surface area (Å²) in [4.78, 5) is 17.5. The smallest absolute Gasteiger partial charge is 0.258 e. The van der Waals surface area contributed by atoms with E-state index in [4.69, 9.17) is 4.74 Å². The van der Waals surface area contributed by atoms with Gasteiger partial charge < -0.3 is 10.1 Å². The fourth-order valence-corrected chi connectivity index (χ4v) is 4.70. The lowest BCUT2D eigenvalue weighted by atomic mass is 9.99. The Morgan fingerprint density at radius 2 is 2.00 bits per heavy atom. The van der Waals surface area contributed by atoms with Crippen LogP contribution in [0.1, 0.15) is 15.9 Å². The average molecular weight is 460 g/mol. The molecule has 1 amide bonds. The fraction of sp³-hybridized carbons (Fsp3) is 0.154. The van der Waals surface area contributed by atoms with Crippen molar-refractivity contribution >= 4 is 40.0 Å². The van der Waals surface area contributed by atoms with Crippen molar-refractivity contribution in [2.24, 2.45) is 0 Å². The third-order valence-electron chi connectivity index (χ3n) is 5.59. The first-order valence-electron chi connectivity index (χ1n) is 10.6. The number of nitrogens with one attached hydrogen (secondary N) is 1. The molecule has 7 heteroatoms. The van der Waals surface area contributed by atoms with Crippen molar-refractivity contribution in [3.8, 4) is 11.3 Å². The van der Waals surface area contributed by atoms with E-state index in [1.807, 2.05) is 59.8 Å². The van der Waals surface area contributed by atoms with Gasteiger partial charge in [0.05, 0.1) is 23.6 Å². The highest BCUT2D eigenvalue weighted by molar-refractivity contribution is 8.00. The van der Waals surface area contributed by atoms with Crippen LogP contribution in [0.3, 0.4) is 0 Å². The molecule has 33 heavy (non-hydrogen) atoms. The summed E-state index contributed by atoms with van der Waals surface area (Å²) in [5.41, 5.74) is 4.05. The summed E-state index contributed by atoms with van der Waals surface area (Å²) >= 11 is 1.58. The number of hydrogen-bond acceptors (Lipinski definition) is 5. The second kappa shape index (κ2) is 9.21. The normalized spacial score (nSPS) is 13.8. The van der Waals surface area contributed by atoms with Gasteiger partial charge in [0.2, 0.25) is 0 Å². The minimum atomic E-state index is -0.570. The molecule has 5 nitrogen and oxygen atoms in total. The van der Waals surface area contributed by atoms with Gasteiger partial charge in [0.1, 0.15) is 12.5 Å². The van der Waals surface area contributed by atoms with Gasteiger partial charge in [-0.2, -0.15) is 0 Å².